The first kappa shape index (κ1) is 15.6. The van der Waals surface area contributed by atoms with E-state index >= 15 is 0 Å². The summed E-state index contributed by atoms with van der Waals surface area (Å²) in [7, 11) is 0. The average molecular weight is 287 g/mol. The first-order valence-corrected chi connectivity index (χ1v) is 4.30. The van der Waals surface area contributed by atoms with Crippen LogP contribution in [-0.4, -0.2) is 6.98 Å². The Morgan fingerprint density at radius 3 is 1.71 bits per heavy atom. The average Bonchev–Trinajstić information content (AvgIpc) is 1.95. The number of rotatable bonds is 1. The Morgan fingerprint density at radius 1 is 0.929 bits per heavy atom. The van der Waals surface area contributed by atoms with E-state index in [4.69, 9.17) is 34.8 Å². The third-order valence-corrected chi connectivity index (χ3v) is 2.56. The first-order chi connectivity index (χ1) is 5.84. The van der Waals surface area contributed by atoms with Gasteiger partial charge >= 0.3 is 58.4 Å². The van der Waals surface area contributed by atoms with Crippen LogP contribution in [-0.2, 0) is 0 Å². The molecule has 72 valence electrons. The quantitative estimate of drug-likeness (QED) is 0.527. The van der Waals surface area contributed by atoms with Crippen molar-refractivity contribution in [3.63, 3.8) is 0 Å². The third-order valence-electron chi connectivity index (χ3n) is 1.41. The molecule has 0 nitrogen and oxygen atoms in total. The van der Waals surface area contributed by atoms with Gasteiger partial charge in [-0.3, -0.25) is 0 Å². The van der Waals surface area contributed by atoms with E-state index in [1.165, 1.54) is 6.07 Å². The van der Waals surface area contributed by atoms with Crippen molar-refractivity contribution in [1.29, 1.82) is 0 Å². The van der Waals surface area contributed by atoms with Crippen LogP contribution < -0.4 is 56.8 Å². The Labute approximate surface area is 137 Å². The zero-order chi connectivity index (χ0) is 10.2. The minimum Gasteiger partial charge on any atom is -0.445 e. The van der Waals surface area contributed by atoms with Crippen LogP contribution in [0.5, 0.6) is 0 Å². The normalized spacial score (nSPS) is 11.0. The molecule has 0 aromatic heterocycles. The summed E-state index contributed by atoms with van der Waals surface area (Å²) in [5, 5.41) is -1.12. The maximum atomic E-state index is 12.3. The number of hydrogen-bond acceptors (Lipinski definition) is 0. The minimum absolute atomic E-state index is 0. The monoisotopic (exact) mass is 286 g/mol. The van der Waals surface area contributed by atoms with E-state index in [9.17, 15) is 12.9 Å². The van der Waals surface area contributed by atoms with Crippen LogP contribution in [0.2, 0.25) is 15.1 Å². The molecule has 0 saturated carbocycles. The van der Waals surface area contributed by atoms with Crippen molar-refractivity contribution in [2.24, 2.45) is 0 Å². The fourth-order valence-electron chi connectivity index (χ4n) is 0.843. The fraction of sp³-hybridized carbons (Fsp3) is 0. The summed E-state index contributed by atoms with van der Waals surface area (Å²) in [4.78, 5) is 0. The predicted molar refractivity (Wildman–Crippen MR) is 50.2 cm³/mol. The molecule has 0 radical (unpaired) electrons. The molecule has 14 heavy (non-hydrogen) atoms. The Morgan fingerprint density at radius 2 is 1.36 bits per heavy atom. The van der Waals surface area contributed by atoms with Crippen molar-refractivity contribution < 1.29 is 64.3 Å². The molecule has 0 N–H and O–H groups in total. The van der Waals surface area contributed by atoms with Gasteiger partial charge in [0.25, 0.3) is 0 Å². The van der Waals surface area contributed by atoms with Gasteiger partial charge in [-0.15, -0.1) is 0 Å². The summed E-state index contributed by atoms with van der Waals surface area (Å²) in [5.41, 5.74) is -1.03. The van der Waals surface area contributed by atoms with Gasteiger partial charge in [0.05, 0.1) is 5.02 Å². The molecule has 0 amide bonds. The van der Waals surface area contributed by atoms with Crippen LogP contribution in [0.1, 0.15) is 0 Å². The zero-order valence-electron chi connectivity index (χ0n) is 7.00. The van der Waals surface area contributed by atoms with Crippen LogP contribution in [0.25, 0.3) is 0 Å². The molecule has 0 fully saturated rings. The van der Waals surface area contributed by atoms with E-state index in [0.717, 1.165) is 6.07 Å². The van der Waals surface area contributed by atoms with Crippen LogP contribution >= 0.6 is 34.8 Å². The molecule has 1 aromatic carbocycles. The molecule has 0 bridgehead atoms. The second-order valence-corrected chi connectivity index (χ2v) is 3.52. The molecule has 0 heterocycles. The van der Waals surface area contributed by atoms with E-state index < -0.39 is 22.5 Å². The Hall–Kier alpha value is 1.58. The maximum Gasteiger partial charge on any atom is 1.00 e. The second kappa shape index (κ2) is 5.77. The summed E-state index contributed by atoms with van der Waals surface area (Å²) >= 11 is 16.1. The Balaban J connectivity index is 0.00000169. The number of halogens is 6. The van der Waals surface area contributed by atoms with Crippen molar-refractivity contribution >= 4 is 47.2 Å². The van der Waals surface area contributed by atoms with Gasteiger partial charge in [-0.1, -0.05) is 40.3 Å². The van der Waals surface area contributed by atoms with Gasteiger partial charge < -0.3 is 12.9 Å². The molecule has 0 aliphatic carbocycles. The predicted octanol–water partition coefficient (Wildman–Crippen LogP) is 0.705. The van der Waals surface area contributed by atoms with Gasteiger partial charge in [-0.2, -0.15) is 0 Å². The van der Waals surface area contributed by atoms with Crippen molar-refractivity contribution in [2.45, 2.75) is 0 Å². The van der Waals surface area contributed by atoms with Crippen molar-refractivity contribution in [3.05, 3.63) is 27.2 Å². The Kier molecular flexibility index (Phi) is 6.43. The third kappa shape index (κ3) is 3.56. The molecule has 0 unspecified atom stereocenters. The van der Waals surface area contributed by atoms with E-state index in [1.807, 2.05) is 0 Å². The van der Waals surface area contributed by atoms with Crippen LogP contribution in [0.3, 0.4) is 0 Å². The van der Waals surface area contributed by atoms with Gasteiger partial charge in [0.15, 0.2) is 0 Å². The summed E-state index contributed by atoms with van der Waals surface area (Å²) in [6, 6.07) is 2.29. The number of hydrogen-bond donors (Lipinski definition) is 0. The molecule has 0 aliphatic heterocycles. The van der Waals surface area contributed by atoms with E-state index in [2.05, 4.69) is 0 Å². The smallest absolute Gasteiger partial charge is 0.445 e. The molecular weight excluding hydrogens is 285 g/mol. The van der Waals surface area contributed by atoms with Crippen molar-refractivity contribution in [2.75, 3.05) is 0 Å². The second-order valence-electron chi connectivity index (χ2n) is 2.33. The van der Waals surface area contributed by atoms with E-state index in [-0.39, 0.29) is 56.4 Å². The standard InChI is InChI=1S/C6H2BCl3F3.K/c8-3-1-2-4(9)6(10)5(3)7(11,12)13;/h1-2H;/q-1;+1. The SMILES string of the molecule is F[B-](F)(F)c1c(Cl)ccc(Cl)c1Cl.[K+]. The number of benzene rings is 1. The molecule has 8 heteroatoms. The van der Waals surface area contributed by atoms with Gasteiger partial charge in [0, 0.05) is 10.0 Å². The maximum absolute atomic E-state index is 12.3. The van der Waals surface area contributed by atoms with Gasteiger partial charge in [0.2, 0.25) is 0 Å². The van der Waals surface area contributed by atoms with Gasteiger partial charge in [-0.05, 0) is 12.1 Å². The van der Waals surface area contributed by atoms with Crippen LogP contribution in [0.15, 0.2) is 12.1 Å². The molecular formula is C6H2BCl3F3K. The molecule has 1 rings (SSSR count). The zero-order valence-corrected chi connectivity index (χ0v) is 12.4. The van der Waals surface area contributed by atoms with E-state index in [0.29, 0.717) is 0 Å². The topological polar surface area (TPSA) is 0 Å². The molecule has 0 saturated heterocycles. The molecule has 1 aromatic rings. The van der Waals surface area contributed by atoms with Crippen molar-refractivity contribution in [3.8, 4) is 0 Å². The first-order valence-electron chi connectivity index (χ1n) is 3.17. The van der Waals surface area contributed by atoms with Crippen molar-refractivity contribution in [1.82, 2.24) is 0 Å². The van der Waals surface area contributed by atoms with E-state index in [1.54, 1.807) is 0 Å². The molecule has 0 spiro atoms. The van der Waals surface area contributed by atoms with Gasteiger partial charge in [-0.25, -0.2) is 0 Å². The summed E-state index contributed by atoms with van der Waals surface area (Å²) in [6.45, 7) is -5.22. The minimum atomic E-state index is -5.22. The van der Waals surface area contributed by atoms with Gasteiger partial charge in [0.1, 0.15) is 0 Å². The largest absolute Gasteiger partial charge is 1.00 e. The summed E-state index contributed by atoms with van der Waals surface area (Å²) in [6.07, 6.45) is 0. The summed E-state index contributed by atoms with van der Waals surface area (Å²) in [5.74, 6) is 0. The van der Waals surface area contributed by atoms with Crippen LogP contribution in [0.4, 0.5) is 12.9 Å². The summed E-state index contributed by atoms with van der Waals surface area (Å²) < 4.78 is 37.0. The molecule has 0 aliphatic rings. The fourth-order valence-corrected chi connectivity index (χ4v) is 1.63. The van der Waals surface area contributed by atoms with Crippen LogP contribution in [0, 0.1) is 0 Å². The Bertz CT molecular complexity index is 342. The molecule has 0 atom stereocenters.